The highest BCUT2D eigenvalue weighted by molar-refractivity contribution is 7.16. The molecule has 5 nitrogen and oxygen atoms in total. The SMILES string of the molecule is CN=C(NCCc1ccc(Cl)s1)NCc1coc(-c2ccc(C)cc2)n1. The number of rotatable bonds is 6. The molecule has 0 saturated carbocycles. The van der Waals surface area contributed by atoms with E-state index in [0.29, 0.717) is 12.4 Å². The van der Waals surface area contributed by atoms with Crippen LogP contribution in [-0.2, 0) is 13.0 Å². The van der Waals surface area contributed by atoms with Crippen LogP contribution in [0.2, 0.25) is 4.34 Å². The number of aromatic nitrogens is 1. The van der Waals surface area contributed by atoms with Gasteiger partial charge in [0.2, 0.25) is 5.89 Å². The fraction of sp³-hybridized carbons (Fsp3) is 0.263. The van der Waals surface area contributed by atoms with E-state index in [4.69, 9.17) is 16.0 Å². The molecule has 0 bridgehead atoms. The van der Waals surface area contributed by atoms with Crippen LogP contribution in [-0.4, -0.2) is 24.5 Å². The van der Waals surface area contributed by atoms with Crippen LogP contribution in [0.3, 0.4) is 0 Å². The number of halogens is 1. The summed E-state index contributed by atoms with van der Waals surface area (Å²) in [7, 11) is 1.75. The molecule has 0 aliphatic rings. The van der Waals surface area contributed by atoms with Crippen LogP contribution in [0.1, 0.15) is 16.1 Å². The molecule has 7 heteroatoms. The molecule has 2 aromatic heterocycles. The summed E-state index contributed by atoms with van der Waals surface area (Å²) >= 11 is 7.55. The number of aliphatic imine (C=N–C) groups is 1. The van der Waals surface area contributed by atoms with Crippen molar-refractivity contribution in [3.63, 3.8) is 0 Å². The first-order valence-corrected chi connectivity index (χ1v) is 9.53. The largest absolute Gasteiger partial charge is 0.444 e. The molecule has 0 unspecified atom stereocenters. The van der Waals surface area contributed by atoms with Crippen molar-refractivity contribution in [2.75, 3.05) is 13.6 Å². The Bertz CT molecular complexity index is 870. The molecule has 0 aliphatic carbocycles. The molecule has 2 heterocycles. The molecule has 3 aromatic rings. The zero-order chi connectivity index (χ0) is 18.4. The first-order valence-electron chi connectivity index (χ1n) is 8.34. The Labute approximate surface area is 162 Å². The van der Waals surface area contributed by atoms with Crippen molar-refractivity contribution in [2.45, 2.75) is 19.9 Å². The van der Waals surface area contributed by atoms with Gasteiger partial charge in [0, 0.05) is 24.0 Å². The average Bonchev–Trinajstić information content (AvgIpc) is 3.28. The predicted octanol–water partition coefficient (Wildman–Crippen LogP) is 4.27. The van der Waals surface area contributed by atoms with Crippen LogP contribution < -0.4 is 10.6 Å². The van der Waals surface area contributed by atoms with E-state index in [2.05, 4.69) is 27.5 Å². The second kappa shape index (κ2) is 8.87. The van der Waals surface area contributed by atoms with Gasteiger partial charge in [-0.2, -0.15) is 0 Å². The lowest BCUT2D eigenvalue weighted by molar-refractivity contribution is 0.572. The van der Waals surface area contributed by atoms with E-state index in [-0.39, 0.29) is 0 Å². The van der Waals surface area contributed by atoms with Crippen molar-refractivity contribution in [1.82, 2.24) is 15.6 Å². The Morgan fingerprint density at radius 3 is 2.69 bits per heavy atom. The minimum Gasteiger partial charge on any atom is -0.444 e. The van der Waals surface area contributed by atoms with Crippen LogP contribution in [0.25, 0.3) is 11.5 Å². The van der Waals surface area contributed by atoms with Gasteiger partial charge in [-0.1, -0.05) is 29.3 Å². The van der Waals surface area contributed by atoms with Crippen LogP contribution in [0.4, 0.5) is 0 Å². The second-order valence-electron chi connectivity index (χ2n) is 5.82. The lowest BCUT2D eigenvalue weighted by Gasteiger charge is -2.10. The third-order valence-corrected chi connectivity index (χ3v) is 5.09. The highest BCUT2D eigenvalue weighted by Crippen LogP contribution is 2.21. The van der Waals surface area contributed by atoms with E-state index in [0.717, 1.165) is 34.5 Å². The fourth-order valence-corrected chi connectivity index (χ4v) is 3.49. The molecular weight excluding hydrogens is 368 g/mol. The van der Waals surface area contributed by atoms with Crippen LogP contribution >= 0.6 is 22.9 Å². The predicted molar refractivity (Wildman–Crippen MR) is 108 cm³/mol. The Morgan fingerprint density at radius 1 is 1.19 bits per heavy atom. The van der Waals surface area contributed by atoms with Gasteiger partial charge < -0.3 is 15.1 Å². The van der Waals surface area contributed by atoms with E-state index >= 15 is 0 Å². The van der Waals surface area contributed by atoms with Crippen molar-refractivity contribution in [2.24, 2.45) is 4.99 Å². The van der Waals surface area contributed by atoms with E-state index in [9.17, 15) is 0 Å². The Kier molecular flexibility index (Phi) is 6.30. The minimum absolute atomic E-state index is 0.542. The van der Waals surface area contributed by atoms with Gasteiger partial charge in [-0.25, -0.2) is 4.98 Å². The van der Waals surface area contributed by atoms with Gasteiger partial charge in [0.15, 0.2) is 5.96 Å². The van der Waals surface area contributed by atoms with Gasteiger partial charge in [-0.15, -0.1) is 11.3 Å². The molecule has 2 N–H and O–H groups in total. The maximum absolute atomic E-state index is 5.95. The fourth-order valence-electron chi connectivity index (χ4n) is 2.40. The lowest BCUT2D eigenvalue weighted by Crippen LogP contribution is -2.37. The van der Waals surface area contributed by atoms with E-state index in [1.165, 1.54) is 10.4 Å². The summed E-state index contributed by atoms with van der Waals surface area (Å²) in [6.07, 6.45) is 2.57. The molecule has 0 amide bonds. The molecule has 136 valence electrons. The van der Waals surface area contributed by atoms with Crippen LogP contribution in [0.5, 0.6) is 0 Å². The molecule has 0 atom stereocenters. The highest BCUT2D eigenvalue weighted by atomic mass is 35.5. The molecule has 0 aliphatic heterocycles. The maximum atomic E-state index is 5.95. The number of aryl methyl sites for hydroxylation is 1. The summed E-state index contributed by atoms with van der Waals surface area (Å²) in [4.78, 5) is 10.00. The summed E-state index contributed by atoms with van der Waals surface area (Å²) in [5, 5.41) is 6.53. The molecule has 26 heavy (non-hydrogen) atoms. The zero-order valence-electron chi connectivity index (χ0n) is 14.8. The first-order chi connectivity index (χ1) is 12.6. The van der Waals surface area contributed by atoms with E-state index in [1.807, 2.05) is 36.4 Å². The molecule has 0 fully saturated rings. The van der Waals surface area contributed by atoms with Gasteiger partial charge in [0.05, 0.1) is 16.6 Å². The summed E-state index contributed by atoms with van der Waals surface area (Å²) in [5.74, 6) is 1.35. The summed E-state index contributed by atoms with van der Waals surface area (Å²) in [6.45, 7) is 3.38. The van der Waals surface area contributed by atoms with Crippen molar-refractivity contribution in [3.8, 4) is 11.5 Å². The third kappa shape index (κ3) is 5.09. The van der Waals surface area contributed by atoms with Crippen molar-refractivity contribution in [3.05, 3.63) is 63.1 Å². The Hall–Kier alpha value is -2.31. The topological polar surface area (TPSA) is 62.5 Å². The summed E-state index contributed by atoms with van der Waals surface area (Å²) < 4.78 is 6.39. The highest BCUT2D eigenvalue weighted by Gasteiger charge is 2.07. The standard InChI is InChI=1S/C19H21ClN4OS/c1-13-3-5-14(6-4-13)18-24-15(12-25-18)11-23-19(21-2)22-10-9-16-7-8-17(20)26-16/h3-8,12H,9-11H2,1-2H3,(H2,21,22,23). The maximum Gasteiger partial charge on any atom is 0.226 e. The number of benzene rings is 1. The smallest absolute Gasteiger partial charge is 0.226 e. The van der Waals surface area contributed by atoms with E-state index in [1.54, 1.807) is 24.6 Å². The normalized spacial score (nSPS) is 11.6. The molecule has 0 spiro atoms. The molecule has 0 saturated heterocycles. The molecule has 3 rings (SSSR count). The quantitative estimate of drug-likeness (QED) is 0.489. The van der Waals surface area contributed by atoms with Crippen molar-refractivity contribution >= 4 is 28.9 Å². The average molecular weight is 389 g/mol. The monoisotopic (exact) mass is 388 g/mol. The third-order valence-electron chi connectivity index (χ3n) is 3.80. The number of thiophene rings is 1. The first kappa shape index (κ1) is 18.5. The Balaban J connectivity index is 1.48. The minimum atomic E-state index is 0.542. The molecule has 0 radical (unpaired) electrons. The van der Waals surface area contributed by atoms with Crippen LogP contribution in [0, 0.1) is 6.92 Å². The number of hydrogen-bond donors (Lipinski definition) is 2. The number of oxazole rings is 1. The number of nitrogens with one attached hydrogen (secondary N) is 2. The number of nitrogens with zero attached hydrogens (tertiary/aromatic N) is 2. The van der Waals surface area contributed by atoms with Gasteiger partial charge >= 0.3 is 0 Å². The number of hydrogen-bond acceptors (Lipinski definition) is 4. The molecule has 1 aromatic carbocycles. The lowest BCUT2D eigenvalue weighted by atomic mass is 10.1. The van der Waals surface area contributed by atoms with Gasteiger partial charge in [0.25, 0.3) is 0 Å². The second-order valence-corrected chi connectivity index (χ2v) is 7.62. The van der Waals surface area contributed by atoms with Gasteiger partial charge in [-0.05, 0) is 37.6 Å². The molecular formula is C19H21ClN4OS. The zero-order valence-corrected chi connectivity index (χ0v) is 16.3. The Morgan fingerprint density at radius 2 is 2.00 bits per heavy atom. The van der Waals surface area contributed by atoms with Gasteiger partial charge in [0.1, 0.15) is 6.26 Å². The summed E-state index contributed by atoms with van der Waals surface area (Å²) in [5.41, 5.74) is 3.01. The summed E-state index contributed by atoms with van der Waals surface area (Å²) in [6, 6.07) is 12.1. The number of guanidine groups is 1. The van der Waals surface area contributed by atoms with Gasteiger partial charge in [-0.3, -0.25) is 4.99 Å². The van der Waals surface area contributed by atoms with Crippen molar-refractivity contribution < 1.29 is 4.42 Å². The van der Waals surface area contributed by atoms with Crippen LogP contribution in [0.15, 0.2) is 52.1 Å². The van der Waals surface area contributed by atoms with Crippen molar-refractivity contribution in [1.29, 1.82) is 0 Å². The van der Waals surface area contributed by atoms with E-state index < -0.39 is 0 Å².